The molecular formula is C28H36N8O4. The first-order valence-corrected chi connectivity index (χ1v) is 13.4. The average Bonchev–Trinajstić information content (AvgIpc) is 3.56. The van der Waals surface area contributed by atoms with Gasteiger partial charge in [-0.1, -0.05) is 18.2 Å². The molecule has 0 aliphatic carbocycles. The zero-order valence-electron chi connectivity index (χ0n) is 23.3. The SMILES string of the molecule is Cc1cnn(C(=O)N(C)CCN(C)C(=O)CCc2cnn(C(=O)N3CCCN(C(=O)c4ccccc4)CC3)c2)c1. The van der Waals surface area contributed by atoms with E-state index in [0.717, 1.165) is 11.1 Å². The molecule has 3 heterocycles. The number of benzene rings is 1. The van der Waals surface area contributed by atoms with Gasteiger partial charge in [-0.3, -0.25) is 9.59 Å². The maximum absolute atomic E-state index is 13.1. The van der Waals surface area contributed by atoms with Gasteiger partial charge in [0.25, 0.3) is 5.91 Å². The Morgan fingerprint density at radius 1 is 0.825 bits per heavy atom. The maximum Gasteiger partial charge on any atom is 0.344 e. The molecule has 212 valence electrons. The second-order valence-electron chi connectivity index (χ2n) is 10.1. The summed E-state index contributed by atoms with van der Waals surface area (Å²) >= 11 is 0. The lowest BCUT2D eigenvalue weighted by Gasteiger charge is -2.22. The van der Waals surface area contributed by atoms with E-state index in [4.69, 9.17) is 0 Å². The lowest BCUT2D eigenvalue weighted by Crippen LogP contribution is -2.39. The van der Waals surface area contributed by atoms with E-state index < -0.39 is 0 Å². The highest BCUT2D eigenvalue weighted by Gasteiger charge is 2.24. The number of hydrogen-bond acceptors (Lipinski definition) is 6. The summed E-state index contributed by atoms with van der Waals surface area (Å²) in [6.45, 7) is 4.62. The monoisotopic (exact) mass is 548 g/mol. The summed E-state index contributed by atoms with van der Waals surface area (Å²) in [7, 11) is 3.38. The Balaban J connectivity index is 1.22. The van der Waals surface area contributed by atoms with Crippen LogP contribution in [0, 0.1) is 6.92 Å². The number of carbonyl (C=O) groups is 4. The Bertz CT molecular complexity index is 1330. The fourth-order valence-electron chi connectivity index (χ4n) is 4.47. The largest absolute Gasteiger partial charge is 0.344 e. The number of aromatic nitrogens is 4. The Hall–Kier alpha value is -4.48. The fraction of sp³-hybridized carbons (Fsp3) is 0.429. The van der Waals surface area contributed by atoms with E-state index in [1.807, 2.05) is 25.1 Å². The molecule has 12 heteroatoms. The van der Waals surface area contributed by atoms with Crippen molar-refractivity contribution < 1.29 is 19.2 Å². The lowest BCUT2D eigenvalue weighted by molar-refractivity contribution is -0.129. The number of likely N-dealkylation sites (N-methyl/N-ethyl adjacent to an activating group) is 2. The summed E-state index contributed by atoms with van der Waals surface area (Å²) in [5, 5.41) is 8.25. The molecule has 2 aromatic heterocycles. The molecule has 1 saturated heterocycles. The van der Waals surface area contributed by atoms with Crippen molar-refractivity contribution in [1.82, 2.24) is 39.2 Å². The van der Waals surface area contributed by atoms with Gasteiger partial charge >= 0.3 is 12.1 Å². The molecule has 1 aliphatic heterocycles. The van der Waals surface area contributed by atoms with Gasteiger partial charge in [-0.2, -0.15) is 19.6 Å². The summed E-state index contributed by atoms with van der Waals surface area (Å²) in [6, 6.07) is 8.65. The molecule has 0 N–H and O–H groups in total. The molecule has 12 nitrogen and oxygen atoms in total. The highest BCUT2D eigenvalue weighted by atomic mass is 16.2. The predicted molar refractivity (Wildman–Crippen MR) is 148 cm³/mol. The van der Waals surface area contributed by atoms with Crippen molar-refractivity contribution in [3.63, 3.8) is 0 Å². The quantitative estimate of drug-likeness (QED) is 0.447. The van der Waals surface area contributed by atoms with E-state index >= 15 is 0 Å². The summed E-state index contributed by atoms with van der Waals surface area (Å²) < 4.78 is 2.58. The predicted octanol–water partition coefficient (Wildman–Crippen LogP) is 2.20. The standard InChI is InChI=1S/C28H36N8O4/c1-22-18-29-35(20-22)27(39)32(3)15-14-31(2)25(37)11-10-23-19-30-36(21-23)28(40)34-13-7-12-33(16-17-34)26(38)24-8-5-4-6-9-24/h4-6,8-9,18-21H,7,10-17H2,1-3H3. The van der Waals surface area contributed by atoms with Crippen LogP contribution in [0.15, 0.2) is 55.1 Å². The van der Waals surface area contributed by atoms with Crippen molar-refractivity contribution in [3.8, 4) is 0 Å². The molecule has 1 fully saturated rings. The minimum atomic E-state index is -0.258. The molecule has 0 spiro atoms. The normalized spacial score (nSPS) is 13.6. The first kappa shape index (κ1) is 28.5. The van der Waals surface area contributed by atoms with E-state index in [-0.39, 0.29) is 30.3 Å². The fourth-order valence-corrected chi connectivity index (χ4v) is 4.47. The van der Waals surface area contributed by atoms with Crippen LogP contribution >= 0.6 is 0 Å². The van der Waals surface area contributed by atoms with Crippen LogP contribution in [0.3, 0.4) is 0 Å². The van der Waals surface area contributed by atoms with Gasteiger partial charge < -0.3 is 19.6 Å². The van der Waals surface area contributed by atoms with Crippen molar-refractivity contribution in [1.29, 1.82) is 0 Å². The van der Waals surface area contributed by atoms with Crippen LogP contribution in [-0.4, -0.2) is 116 Å². The molecule has 0 saturated carbocycles. The number of aryl methyl sites for hydroxylation is 2. The zero-order chi connectivity index (χ0) is 28.6. The van der Waals surface area contributed by atoms with Gasteiger partial charge in [0.05, 0.1) is 12.4 Å². The van der Waals surface area contributed by atoms with Crippen LogP contribution in [0.2, 0.25) is 0 Å². The number of amides is 4. The Labute approximate surface area is 233 Å². The minimum Gasteiger partial charge on any atom is -0.344 e. The molecular weight excluding hydrogens is 512 g/mol. The van der Waals surface area contributed by atoms with Crippen molar-refractivity contribution in [3.05, 3.63) is 71.8 Å². The topological polar surface area (TPSA) is 117 Å². The second kappa shape index (κ2) is 13.0. The lowest BCUT2D eigenvalue weighted by atomic mass is 10.2. The average molecular weight is 549 g/mol. The second-order valence-corrected chi connectivity index (χ2v) is 10.1. The van der Waals surface area contributed by atoms with Crippen LogP contribution in [0.25, 0.3) is 0 Å². The highest BCUT2D eigenvalue weighted by Crippen LogP contribution is 2.11. The molecule has 0 atom stereocenters. The third-order valence-corrected chi connectivity index (χ3v) is 6.96. The van der Waals surface area contributed by atoms with Gasteiger partial charge in [-0.05, 0) is 43.0 Å². The highest BCUT2D eigenvalue weighted by molar-refractivity contribution is 5.94. The van der Waals surface area contributed by atoms with Gasteiger partial charge in [-0.25, -0.2) is 9.59 Å². The van der Waals surface area contributed by atoms with Gasteiger partial charge in [0.15, 0.2) is 0 Å². The molecule has 1 aromatic carbocycles. The van der Waals surface area contributed by atoms with E-state index in [1.165, 1.54) is 14.3 Å². The van der Waals surface area contributed by atoms with Crippen LogP contribution in [-0.2, 0) is 11.2 Å². The molecule has 0 bridgehead atoms. The third-order valence-electron chi connectivity index (χ3n) is 6.96. The zero-order valence-corrected chi connectivity index (χ0v) is 23.3. The minimum absolute atomic E-state index is 0.0304. The molecule has 4 rings (SSSR count). The van der Waals surface area contributed by atoms with Crippen LogP contribution in [0.1, 0.15) is 34.3 Å². The molecule has 0 radical (unpaired) electrons. The summed E-state index contributed by atoms with van der Waals surface area (Å²) in [5.74, 6) is -0.0947. The van der Waals surface area contributed by atoms with Gasteiger partial charge in [-0.15, -0.1) is 0 Å². The number of carbonyl (C=O) groups excluding carboxylic acids is 4. The first-order valence-electron chi connectivity index (χ1n) is 13.4. The molecule has 40 heavy (non-hydrogen) atoms. The van der Waals surface area contributed by atoms with Crippen LogP contribution in [0.4, 0.5) is 9.59 Å². The molecule has 4 amide bonds. The molecule has 1 aliphatic rings. The van der Waals surface area contributed by atoms with E-state index in [9.17, 15) is 19.2 Å². The van der Waals surface area contributed by atoms with Crippen molar-refractivity contribution in [2.24, 2.45) is 0 Å². The van der Waals surface area contributed by atoms with Crippen LogP contribution < -0.4 is 0 Å². The number of nitrogens with zero attached hydrogens (tertiary/aromatic N) is 8. The van der Waals surface area contributed by atoms with E-state index in [0.29, 0.717) is 57.7 Å². The van der Waals surface area contributed by atoms with Crippen LogP contribution in [0.5, 0.6) is 0 Å². The van der Waals surface area contributed by atoms with Crippen molar-refractivity contribution in [2.75, 3.05) is 53.4 Å². The van der Waals surface area contributed by atoms with Crippen molar-refractivity contribution >= 4 is 23.9 Å². The summed E-state index contributed by atoms with van der Waals surface area (Å²) in [6.07, 6.45) is 7.92. The Kier molecular flexibility index (Phi) is 9.31. The van der Waals surface area contributed by atoms with Gasteiger partial charge in [0.1, 0.15) is 0 Å². The Morgan fingerprint density at radius 2 is 1.50 bits per heavy atom. The molecule has 3 aromatic rings. The summed E-state index contributed by atoms with van der Waals surface area (Å²) in [5.41, 5.74) is 2.32. The number of hydrogen-bond donors (Lipinski definition) is 0. The third kappa shape index (κ3) is 7.13. The van der Waals surface area contributed by atoms with Crippen molar-refractivity contribution in [2.45, 2.75) is 26.2 Å². The summed E-state index contributed by atoms with van der Waals surface area (Å²) in [4.78, 5) is 57.5. The van der Waals surface area contributed by atoms with E-state index in [1.54, 1.807) is 65.7 Å². The number of rotatable bonds is 7. The van der Waals surface area contributed by atoms with E-state index in [2.05, 4.69) is 10.2 Å². The van der Waals surface area contributed by atoms with Gasteiger partial charge in [0.2, 0.25) is 5.91 Å². The molecule has 0 unspecified atom stereocenters. The smallest absolute Gasteiger partial charge is 0.344 e. The Morgan fingerprint density at radius 3 is 2.23 bits per heavy atom. The van der Waals surface area contributed by atoms with Gasteiger partial charge in [0, 0.05) is 77.7 Å². The maximum atomic E-state index is 13.1. The first-order chi connectivity index (χ1) is 19.2.